The minimum Gasteiger partial charge on any atom is -0.370 e. The molecule has 0 spiro atoms. The van der Waals surface area contributed by atoms with Crippen molar-refractivity contribution in [2.75, 3.05) is 13.1 Å². The van der Waals surface area contributed by atoms with Gasteiger partial charge < -0.3 is 21.7 Å². The van der Waals surface area contributed by atoms with E-state index in [1.165, 1.54) is 135 Å². The number of hydrogen-bond donors (Lipinski definition) is 5. The van der Waals surface area contributed by atoms with Crippen molar-refractivity contribution in [3.63, 3.8) is 0 Å². The van der Waals surface area contributed by atoms with E-state index in [0.29, 0.717) is 25.9 Å². The predicted molar refractivity (Wildman–Crippen MR) is 197 cm³/mol. The monoisotopic (exact) mass is 658 g/mol. The normalized spacial score (nSPS) is 11.5. The molecule has 0 rings (SSSR count). The van der Waals surface area contributed by atoms with E-state index in [2.05, 4.69) is 29.8 Å². The van der Waals surface area contributed by atoms with E-state index in [1.54, 1.807) is 0 Å². The number of unbranched alkanes of at least 4 members (excludes halogenated alkanes) is 24. The van der Waals surface area contributed by atoms with Crippen LogP contribution in [-0.4, -0.2) is 36.9 Å². The summed E-state index contributed by atoms with van der Waals surface area (Å²) < 4.78 is 0. The van der Waals surface area contributed by atoms with Gasteiger partial charge in [0, 0.05) is 19.5 Å². The molecular formula is C37H76ClN5O2. The van der Waals surface area contributed by atoms with E-state index >= 15 is 0 Å². The van der Waals surface area contributed by atoms with Gasteiger partial charge in [0.05, 0.1) is 0 Å². The first kappa shape index (κ1) is 45.6. The van der Waals surface area contributed by atoms with Gasteiger partial charge >= 0.3 is 0 Å². The highest BCUT2D eigenvalue weighted by Crippen LogP contribution is 2.14. The van der Waals surface area contributed by atoms with Crippen molar-refractivity contribution in [3.8, 4) is 0 Å². The van der Waals surface area contributed by atoms with Gasteiger partial charge in [-0.15, -0.1) is 12.4 Å². The molecule has 2 amide bonds. The Morgan fingerprint density at radius 2 is 0.889 bits per heavy atom. The third kappa shape index (κ3) is 35.2. The third-order valence-electron chi connectivity index (χ3n) is 8.72. The van der Waals surface area contributed by atoms with Crippen molar-refractivity contribution in [2.45, 2.75) is 206 Å². The molecule has 0 heterocycles. The summed E-state index contributed by atoms with van der Waals surface area (Å²) in [6, 6.07) is -0.487. The first-order chi connectivity index (χ1) is 21.5. The molecule has 0 aliphatic rings. The Balaban J connectivity index is 0. The fraction of sp³-hybridized carbons (Fsp3) is 0.919. The third-order valence-corrected chi connectivity index (χ3v) is 8.72. The van der Waals surface area contributed by atoms with Gasteiger partial charge in [-0.2, -0.15) is 0 Å². The molecule has 6 N–H and O–H groups in total. The van der Waals surface area contributed by atoms with Crippen LogP contribution in [0.3, 0.4) is 0 Å². The first-order valence-electron chi connectivity index (χ1n) is 19.2. The van der Waals surface area contributed by atoms with Crippen molar-refractivity contribution >= 4 is 30.2 Å². The zero-order valence-corrected chi connectivity index (χ0v) is 30.6. The lowest BCUT2D eigenvalue weighted by molar-refractivity contribution is -0.129. The van der Waals surface area contributed by atoms with Crippen LogP contribution >= 0.6 is 12.4 Å². The molecule has 1 unspecified atom stereocenters. The molecule has 0 saturated carbocycles. The molecule has 0 aromatic heterocycles. The number of carbonyl (C=O) groups is 2. The summed E-state index contributed by atoms with van der Waals surface area (Å²) in [4.78, 5) is 25.6. The maximum Gasteiger partial charge on any atom is 0.242 e. The number of rotatable bonds is 34. The molecule has 0 aliphatic carbocycles. The van der Waals surface area contributed by atoms with Crippen LogP contribution in [0.5, 0.6) is 0 Å². The lowest BCUT2D eigenvalue weighted by Crippen LogP contribution is -2.47. The van der Waals surface area contributed by atoms with E-state index in [9.17, 15) is 9.59 Å². The van der Waals surface area contributed by atoms with Crippen LogP contribution in [0.1, 0.15) is 200 Å². The summed E-state index contributed by atoms with van der Waals surface area (Å²) in [5.41, 5.74) is 5.36. The van der Waals surface area contributed by atoms with Crippen LogP contribution in [0.4, 0.5) is 0 Å². The molecule has 0 aliphatic heterocycles. The Hall–Kier alpha value is -1.50. The van der Waals surface area contributed by atoms with Crippen molar-refractivity contribution in [2.24, 2.45) is 5.73 Å². The van der Waals surface area contributed by atoms with Gasteiger partial charge in [0.25, 0.3) is 0 Å². The van der Waals surface area contributed by atoms with E-state index in [0.717, 1.165) is 38.5 Å². The highest BCUT2D eigenvalue weighted by Gasteiger charge is 2.19. The number of hydrogen-bond acceptors (Lipinski definition) is 3. The molecular weight excluding hydrogens is 582 g/mol. The van der Waals surface area contributed by atoms with Gasteiger partial charge in [0.15, 0.2) is 5.96 Å². The quantitative estimate of drug-likeness (QED) is 0.0269. The van der Waals surface area contributed by atoms with Crippen LogP contribution in [0, 0.1) is 5.41 Å². The molecule has 8 heteroatoms. The van der Waals surface area contributed by atoms with E-state index in [-0.39, 0.29) is 30.2 Å². The van der Waals surface area contributed by atoms with Crippen LogP contribution in [-0.2, 0) is 9.59 Å². The number of amides is 2. The standard InChI is InChI=1S/C37H75N5O2.ClH/c1-3-5-7-9-11-13-15-16-17-18-19-20-22-24-26-31-35(43)42-34(30-27-29-33-41-37(38)39)36(44)40-32-28-25-23-21-14-12-10-8-6-4-2;/h34H,3-33H2,1-2H3,(H,40,44)(H,42,43)(H4,38,39,41);1H. The summed E-state index contributed by atoms with van der Waals surface area (Å²) in [6.07, 6.45) is 35.0. The van der Waals surface area contributed by atoms with Crippen LogP contribution in [0.2, 0.25) is 0 Å². The number of carbonyl (C=O) groups excluding carboxylic acids is 2. The maximum atomic E-state index is 12.9. The number of halogens is 1. The number of guanidine groups is 1. The van der Waals surface area contributed by atoms with E-state index < -0.39 is 6.04 Å². The fourth-order valence-corrected chi connectivity index (χ4v) is 5.84. The summed E-state index contributed by atoms with van der Waals surface area (Å²) in [5.74, 6) is -0.112. The van der Waals surface area contributed by atoms with Crippen LogP contribution < -0.4 is 21.7 Å². The highest BCUT2D eigenvalue weighted by atomic mass is 35.5. The number of nitrogens with one attached hydrogen (secondary N) is 4. The highest BCUT2D eigenvalue weighted by molar-refractivity contribution is 5.87. The van der Waals surface area contributed by atoms with Crippen molar-refractivity contribution in [3.05, 3.63) is 0 Å². The second kappa shape index (κ2) is 37.0. The average Bonchev–Trinajstić information content (AvgIpc) is 3.00. The maximum absolute atomic E-state index is 12.9. The summed E-state index contributed by atoms with van der Waals surface area (Å²) in [5, 5.41) is 16.2. The molecule has 0 fully saturated rings. The molecule has 0 bridgehead atoms. The second-order valence-corrected chi connectivity index (χ2v) is 13.1. The minimum absolute atomic E-state index is 0. The SMILES string of the molecule is CCCCCCCCCCCCCCCCCC(=O)NC(CCCCNC(=N)N)C(=O)NCCCCCCCCCCCC.Cl. The Kier molecular flexibility index (Phi) is 37.5. The minimum atomic E-state index is -0.487. The van der Waals surface area contributed by atoms with Gasteiger partial charge in [-0.25, -0.2) is 0 Å². The Bertz CT molecular complexity index is 665. The van der Waals surface area contributed by atoms with Gasteiger partial charge in [-0.3, -0.25) is 15.0 Å². The molecule has 0 aromatic carbocycles. The lowest BCUT2D eigenvalue weighted by atomic mass is 10.0. The van der Waals surface area contributed by atoms with E-state index in [4.69, 9.17) is 11.1 Å². The largest absolute Gasteiger partial charge is 0.370 e. The zero-order chi connectivity index (χ0) is 32.4. The van der Waals surface area contributed by atoms with Crippen molar-refractivity contribution in [1.29, 1.82) is 5.41 Å². The Morgan fingerprint density at radius 3 is 1.31 bits per heavy atom. The molecule has 7 nitrogen and oxygen atoms in total. The van der Waals surface area contributed by atoms with Gasteiger partial charge in [0.2, 0.25) is 11.8 Å². The van der Waals surface area contributed by atoms with Gasteiger partial charge in [0.1, 0.15) is 6.04 Å². The molecule has 45 heavy (non-hydrogen) atoms. The topological polar surface area (TPSA) is 120 Å². The van der Waals surface area contributed by atoms with Gasteiger partial charge in [-0.05, 0) is 32.1 Å². The Labute approximate surface area is 285 Å². The van der Waals surface area contributed by atoms with Crippen LogP contribution in [0.15, 0.2) is 0 Å². The lowest BCUT2D eigenvalue weighted by Gasteiger charge is -2.19. The fourth-order valence-electron chi connectivity index (χ4n) is 5.84. The average molecular weight is 659 g/mol. The van der Waals surface area contributed by atoms with E-state index in [1.807, 2.05) is 0 Å². The molecule has 0 saturated heterocycles. The molecule has 0 radical (unpaired) electrons. The zero-order valence-electron chi connectivity index (χ0n) is 29.8. The summed E-state index contributed by atoms with van der Waals surface area (Å²) >= 11 is 0. The van der Waals surface area contributed by atoms with Crippen LogP contribution in [0.25, 0.3) is 0 Å². The smallest absolute Gasteiger partial charge is 0.242 e. The molecule has 1 atom stereocenters. The van der Waals surface area contributed by atoms with Gasteiger partial charge in [-0.1, -0.05) is 162 Å². The second-order valence-electron chi connectivity index (χ2n) is 13.1. The molecule has 0 aromatic rings. The Morgan fingerprint density at radius 1 is 0.533 bits per heavy atom. The van der Waals surface area contributed by atoms with Crippen molar-refractivity contribution < 1.29 is 9.59 Å². The number of nitrogens with two attached hydrogens (primary N) is 1. The van der Waals surface area contributed by atoms with Crippen molar-refractivity contribution in [1.82, 2.24) is 16.0 Å². The summed E-state index contributed by atoms with van der Waals surface area (Å²) in [6.45, 7) is 5.81. The summed E-state index contributed by atoms with van der Waals surface area (Å²) in [7, 11) is 0. The molecule has 268 valence electrons. The predicted octanol–water partition coefficient (Wildman–Crippen LogP) is 9.84. The first-order valence-corrected chi connectivity index (χ1v) is 19.2.